The van der Waals surface area contributed by atoms with Gasteiger partial charge in [0.2, 0.25) is 11.9 Å². The number of rotatable bonds is 3. The van der Waals surface area contributed by atoms with Crippen LogP contribution in [0.4, 0.5) is 23.3 Å². The molecule has 1 fully saturated rings. The minimum atomic E-state index is 0.0777. The maximum atomic E-state index is 9.44. The van der Waals surface area contributed by atoms with Crippen LogP contribution in [0.1, 0.15) is 13.8 Å². The van der Waals surface area contributed by atoms with E-state index < -0.39 is 0 Å². The molecule has 3 aromatic rings. The molecule has 32 heavy (non-hydrogen) atoms. The van der Waals surface area contributed by atoms with Crippen molar-refractivity contribution in [3.05, 3.63) is 42.6 Å². The minimum absolute atomic E-state index is 0.0777. The first-order valence-electron chi connectivity index (χ1n) is 10.5. The topological polar surface area (TPSA) is 145 Å². The molecular weight excluding hydrogens is 404 g/mol. The number of anilines is 3. The first-order chi connectivity index (χ1) is 15.5. The molecule has 164 valence electrons. The Labute approximate surface area is 186 Å². The molecule has 1 saturated heterocycles. The molecule has 0 saturated carbocycles. The van der Waals surface area contributed by atoms with Crippen LogP contribution in [0.3, 0.4) is 0 Å². The van der Waals surface area contributed by atoms with Crippen molar-refractivity contribution >= 4 is 40.1 Å². The summed E-state index contributed by atoms with van der Waals surface area (Å²) in [5.41, 5.74) is 13.3. The van der Waals surface area contributed by atoms with Crippen molar-refractivity contribution in [1.29, 1.82) is 5.26 Å². The number of fused-ring (bicyclic) bond motifs is 1. The van der Waals surface area contributed by atoms with E-state index in [1.54, 1.807) is 12.3 Å². The van der Waals surface area contributed by atoms with Gasteiger partial charge in [-0.2, -0.15) is 15.2 Å². The Morgan fingerprint density at radius 3 is 2.81 bits per heavy atom. The van der Waals surface area contributed by atoms with E-state index in [1.165, 1.54) is 0 Å². The maximum absolute atomic E-state index is 9.44. The number of nitriles is 1. The smallest absolute Gasteiger partial charge is 0.223 e. The van der Waals surface area contributed by atoms with Gasteiger partial charge in [0.05, 0.1) is 17.2 Å². The molecule has 5 N–H and O–H groups in total. The van der Waals surface area contributed by atoms with Crippen LogP contribution in [0.25, 0.3) is 10.9 Å². The van der Waals surface area contributed by atoms with Gasteiger partial charge in [0.25, 0.3) is 0 Å². The molecule has 4 rings (SSSR count). The van der Waals surface area contributed by atoms with Gasteiger partial charge in [-0.1, -0.05) is 19.9 Å². The van der Waals surface area contributed by atoms with Crippen LogP contribution in [0.15, 0.2) is 47.6 Å². The van der Waals surface area contributed by atoms with Gasteiger partial charge in [-0.25, -0.2) is 4.99 Å². The summed E-state index contributed by atoms with van der Waals surface area (Å²) in [6, 6.07) is 11.5. The number of nitrogens with zero attached hydrogens (tertiary/aromatic N) is 7. The molecule has 10 nitrogen and oxygen atoms in total. The van der Waals surface area contributed by atoms with Gasteiger partial charge in [0.15, 0.2) is 6.19 Å². The number of benzene rings is 1. The monoisotopic (exact) mass is 430 g/mol. The highest BCUT2D eigenvalue weighted by atomic mass is 15.4. The van der Waals surface area contributed by atoms with Crippen molar-refractivity contribution in [2.45, 2.75) is 19.9 Å². The van der Waals surface area contributed by atoms with Crippen LogP contribution in [-0.4, -0.2) is 51.5 Å². The fourth-order valence-electron chi connectivity index (χ4n) is 4.00. The highest BCUT2D eigenvalue weighted by Crippen LogP contribution is 2.27. The number of guanidine groups is 1. The average Bonchev–Trinajstić information content (AvgIpc) is 2.78. The van der Waals surface area contributed by atoms with E-state index in [-0.39, 0.29) is 17.9 Å². The molecular formula is C22H26N10. The normalized spacial score (nSPS) is 16.9. The number of nitrogens with two attached hydrogens (primary N) is 2. The lowest BCUT2D eigenvalue weighted by atomic mass is 9.99. The third-order valence-corrected chi connectivity index (χ3v) is 5.55. The highest BCUT2D eigenvalue weighted by Gasteiger charge is 2.32. The SMILES string of the molecule is CC(C)[C@@H]1CN(c2cc(N)nc(N)n2)CCN1C(=Nc1cccc2ncccc12)NC#N. The van der Waals surface area contributed by atoms with Gasteiger partial charge in [-0.3, -0.25) is 10.3 Å². The van der Waals surface area contributed by atoms with Crippen LogP contribution in [0.2, 0.25) is 0 Å². The molecule has 3 heterocycles. The Hall–Kier alpha value is -4.13. The second-order valence-electron chi connectivity index (χ2n) is 7.98. The number of piperazine rings is 1. The largest absolute Gasteiger partial charge is 0.383 e. The zero-order chi connectivity index (χ0) is 22.7. The molecule has 0 radical (unpaired) electrons. The quantitative estimate of drug-likeness (QED) is 0.246. The molecule has 0 bridgehead atoms. The first kappa shape index (κ1) is 21.1. The lowest BCUT2D eigenvalue weighted by Gasteiger charge is -2.44. The van der Waals surface area contributed by atoms with E-state index in [1.807, 2.05) is 36.5 Å². The second-order valence-corrected chi connectivity index (χ2v) is 7.98. The summed E-state index contributed by atoms with van der Waals surface area (Å²) < 4.78 is 0. The first-order valence-corrected chi connectivity index (χ1v) is 10.5. The summed E-state index contributed by atoms with van der Waals surface area (Å²) in [5.74, 6) is 2.00. The molecule has 0 spiro atoms. The number of hydrogen-bond acceptors (Lipinski definition) is 8. The number of aliphatic imine (C=N–C) groups is 1. The molecule has 1 atom stereocenters. The predicted octanol–water partition coefficient (Wildman–Crippen LogP) is 2.09. The van der Waals surface area contributed by atoms with Gasteiger partial charge in [0.1, 0.15) is 11.6 Å². The fourth-order valence-corrected chi connectivity index (χ4v) is 4.00. The Balaban J connectivity index is 1.68. The second kappa shape index (κ2) is 8.93. The van der Waals surface area contributed by atoms with Gasteiger partial charge in [-0.05, 0) is 30.2 Å². The van der Waals surface area contributed by atoms with E-state index in [2.05, 4.69) is 43.9 Å². The van der Waals surface area contributed by atoms with Gasteiger partial charge in [-0.15, -0.1) is 0 Å². The number of hydrogen-bond donors (Lipinski definition) is 3. The minimum Gasteiger partial charge on any atom is -0.383 e. The molecule has 1 aliphatic heterocycles. The van der Waals surface area contributed by atoms with Gasteiger partial charge >= 0.3 is 0 Å². The lowest BCUT2D eigenvalue weighted by molar-refractivity contribution is 0.220. The Kier molecular flexibility index (Phi) is 5.89. The number of aromatic nitrogens is 3. The van der Waals surface area contributed by atoms with Gasteiger partial charge in [0, 0.05) is 37.3 Å². The van der Waals surface area contributed by atoms with E-state index in [9.17, 15) is 5.26 Å². The van der Waals surface area contributed by atoms with Crippen molar-refractivity contribution in [2.24, 2.45) is 10.9 Å². The van der Waals surface area contributed by atoms with Gasteiger partial charge < -0.3 is 21.3 Å². The van der Waals surface area contributed by atoms with Crippen LogP contribution in [-0.2, 0) is 0 Å². The third kappa shape index (κ3) is 4.32. The Bertz CT molecular complexity index is 1160. The zero-order valence-corrected chi connectivity index (χ0v) is 18.1. The summed E-state index contributed by atoms with van der Waals surface area (Å²) in [5, 5.41) is 13.2. The van der Waals surface area contributed by atoms with Crippen LogP contribution in [0.5, 0.6) is 0 Å². The number of nitrogen functional groups attached to an aromatic ring is 2. The molecule has 1 aromatic carbocycles. The fraction of sp³-hybridized carbons (Fsp3) is 0.318. The summed E-state index contributed by atoms with van der Waals surface area (Å²) >= 11 is 0. The lowest BCUT2D eigenvalue weighted by Crippen LogP contribution is -2.59. The molecule has 0 amide bonds. The Morgan fingerprint density at radius 2 is 2.06 bits per heavy atom. The molecule has 10 heteroatoms. The van der Waals surface area contributed by atoms with Crippen molar-refractivity contribution in [2.75, 3.05) is 36.0 Å². The van der Waals surface area contributed by atoms with Crippen molar-refractivity contribution in [3.8, 4) is 6.19 Å². The van der Waals surface area contributed by atoms with Crippen LogP contribution >= 0.6 is 0 Å². The van der Waals surface area contributed by atoms with E-state index >= 15 is 0 Å². The molecule has 0 aliphatic carbocycles. The van der Waals surface area contributed by atoms with Crippen molar-refractivity contribution in [1.82, 2.24) is 25.2 Å². The maximum Gasteiger partial charge on any atom is 0.223 e. The van der Waals surface area contributed by atoms with Crippen LogP contribution < -0.4 is 21.7 Å². The van der Waals surface area contributed by atoms with E-state index in [4.69, 9.17) is 16.5 Å². The molecule has 0 unspecified atom stereocenters. The number of pyridine rings is 1. The van der Waals surface area contributed by atoms with E-state index in [0.717, 1.165) is 16.6 Å². The zero-order valence-electron chi connectivity index (χ0n) is 18.1. The van der Waals surface area contributed by atoms with Crippen molar-refractivity contribution < 1.29 is 0 Å². The van der Waals surface area contributed by atoms with Crippen LogP contribution in [0, 0.1) is 17.4 Å². The van der Waals surface area contributed by atoms with E-state index in [0.29, 0.717) is 37.2 Å². The summed E-state index contributed by atoms with van der Waals surface area (Å²) in [4.78, 5) is 21.8. The summed E-state index contributed by atoms with van der Waals surface area (Å²) in [6.07, 6.45) is 3.80. The third-order valence-electron chi connectivity index (χ3n) is 5.55. The number of nitrogens with one attached hydrogen (secondary N) is 1. The standard InChI is InChI=1S/C22H26N10/c1-14(2)18-12-31(20-11-19(24)29-21(25)30-20)9-10-32(18)22(27-13-23)28-17-7-3-6-16-15(17)5-4-8-26-16/h3-8,11,14,18H,9-10,12H2,1-2H3,(H,27,28)(H4,24,25,29,30)/t18-/m0/s1. The average molecular weight is 431 g/mol. The summed E-state index contributed by atoms with van der Waals surface area (Å²) in [6.45, 7) is 6.29. The Morgan fingerprint density at radius 1 is 1.22 bits per heavy atom. The molecule has 1 aliphatic rings. The predicted molar refractivity (Wildman–Crippen MR) is 126 cm³/mol. The van der Waals surface area contributed by atoms with Crippen molar-refractivity contribution in [3.63, 3.8) is 0 Å². The summed E-state index contributed by atoms with van der Waals surface area (Å²) in [7, 11) is 0. The highest BCUT2D eigenvalue weighted by molar-refractivity contribution is 5.94. The molecule has 2 aromatic heterocycles.